The van der Waals surface area contributed by atoms with Crippen LogP contribution in [-0.4, -0.2) is 19.6 Å². The van der Waals surface area contributed by atoms with E-state index in [2.05, 4.69) is 11.0 Å². The van der Waals surface area contributed by atoms with E-state index in [-0.39, 0.29) is 5.82 Å². The minimum Gasteiger partial charge on any atom is -0.371 e. The number of nitrogens with two attached hydrogens (primary N) is 1. The van der Waals surface area contributed by atoms with Gasteiger partial charge in [0.1, 0.15) is 5.82 Å². The van der Waals surface area contributed by atoms with Crippen molar-refractivity contribution in [2.24, 2.45) is 11.1 Å². The topological polar surface area (TPSA) is 29.3 Å². The summed E-state index contributed by atoms with van der Waals surface area (Å²) in [6.07, 6.45) is 10.2. The first kappa shape index (κ1) is 14.8. The molecule has 0 amide bonds. The van der Waals surface area contributed by atoms with Gasteiger partial charge >= 0.3 is 0 Å². The summed E-state index contributed by atoms with van der Waals surface area (Å²) in [5.41, 5.74) is 8.13. The molecule has 1 aliphatic carbocycles. The Balaban J connectivity index is 1.73. The predicted octanol–water partition coefficient (Wildman–Crippen LogP) is 3.88. The standard InChI is InChI=1S/C18H27FN2/c19-16-5-4-6-17(15(16)7-12-20)21-13-10-18(11-14-21)8-2-1-3-9-18/h4-6H,1-3,7-14,20H2. The lowest BCUT2D eigenvalue weighted by Gasteiger charge is -2.45. The van der Waals surface area contributed by atoms with E-state index in [9.17, 15) is 4.39 Å². The van der Waals surface area contributed by atoms with Crippen molar-refractivity contribution in [1.29, 1.82) is 0 Å². The molecule has 1 aromatic rings. The Hall–Kier alpha value is -1.09. The maximum absolute atomic E-state index is 14.1. The molecule has 2 N–H and O–H groups in total. The highest BCUT2D eigenvalue weighted by atomic mass is 19.1. The summed E-state index contributed by atoms with van der Waals surface area (Å²) in [5.74, 6) is -0.101. The van der Waals surface area contributed by atoms with E-state index >= 15 is 0 Å². The van der Waals surface area contributed by atoms with Crippen molar-refractivity contribution in [2.45, 2.75) is 51.4 Å². The molecule has 2 aliphatic rings. The number of hydrogen-bond acceptors (Lipinski definition) is 2. The van der Waals surface area contributed by atoms with E-state index in [0.29, 0.717) is 18.4 Å². The van der Waals surface area contributed by atoms with Crippen molar-refractivity contribution in [1.82, 2.24) is 0 Å². The molecule has 1 saturated heterocycles. The summed E-state index contributed by atoms with van der Waals surface area (Å²) in [6, 6.07) is 5.45. The van der Waals surface area contributed by atoms with Gasteiger partial charge in [-0.15, -0.1) is 0 Å². The highest BCUT2D eigenvalue weighted by Crippen LogP contribution is 2.45. The quantitative estimate of drug-likeness (QED) is 0.915. The van der Waals surface area contributed by atoms with Gasteiger partial charge in [-0.3, -0.25) is 0 Å². The van der Waals surface area contributed by atoms with Crippen molar-refractivity contribution in [3.05, 3.63) is 29.6 Å². The first-order valence-electron chi connectivity index (χ1n) is 8.47. The van der Waals surface area contributed by atoms with E-state index in [0.717, 1.165) is 24.3 Å². The van der Waals surface area contributed by atoms with Crippen LogP contribution in [0.4, 0.5) is 10.1 Å². The van der Waals surface area contributed by atoms with Gasteiger partial charge in [0.05, 0.1) is 0 Å². The lowest BCUT2D eigenvalue weighted by atomic mass is 9.68. The average molecular weight is 290 g/mol. The molecule has 1 aliphatic heterocycles. The van der Waals surface area contributed by atoms with E-state index in [1.54, 1.807) is 6.07 Å². The molecule has 3 heteroatoms. The molecular formula is C18H27FN2. The van der Waals surface area contributed by atoms with Crippen molar-refractivity contribution in [3.63, 3.8) is 0 Å². The average Bonchev–Trinajstić information content (AvgIpc) is 2.51. The van der Waals surface area contributed by atoms with Crippen LogP contribution in [0.2, 0.25) is 0 Å². The minimum absolute atomic E-state index is 0.101. The first-order chi connectivity index (χ1) is 10.2. The molecule has 21 heavy (non-hydrogen) atoms. The lowest BCUT2D eigenvalue weighted by molar-refractivity contribution is 0.144. The maximum Gasteiger partial charge on any atom is 0.128 e. The number of benzene rings is 1. The van der Waals surface area contributed by atoms with E-state index in [1.165, 1.54) is 44.9 Å². The largest absolute Gasteiger partial charge is 0.371 e. The molecule has 1 aromatic carbocycles. The highest BCUT2D eigenvalue weighted by Gasteiger charge is 2.35. The van der Waals surface area contributed by atoms with E-state index in [4.69, 9.17) is 5.73 Å². The second kappa shape index (κ2) is 6.35. The molecule has 0 aromatic heterocycles. The predicted molar refractivity (Wildman–Crippen MR) is 86.1 cm³/mol. The number of piperidine rings is 1. The van der Waals surface area contributed by atoms with Crippen molar-refractivity contribution in [2.75, 3.05) is 24.5 Å². The number of rotatable bonds is 3. The Kier molecular flexibility index (Phi) is 4.48. The monoisotopic (exact) mass is 290 g/mol. The Labute approximate surface area is 127 Å². The van der Waals surface area contributed by atoms with Gasteiger partial charge in [-0.25, -0.2) is 4.39 Å². The maximum atomic E-state index is 14.1. The molecule has 1 heterocycles. The van der Waals surface area contributed by atoms with Crippen LogP contribution in [0, 0.1) is 11.2 Å². The zero-order valence-corrected chi connectivity index (χ0v) is 12.9. The summed E-state index contributed by atoms with van der Waals surface area (Å²) in [7, 11) is 0. The van der Waals surface area contributed by atoms with Gasteiger partial charge in [-0.1, -0.05) is 25.3 Å². The van der Waals surface area contributed by atoms with Crippen molar-refractivity contribution in [3.8, 4) is 0 Å². The summed E-state index contributed by atoms with van der Waals surface area (Å²) in [4.78, 5) is 2.38. The van der Waals surface area contributed by atoms with Crippen LogP contribution in [0.3, 0.4) is 0 Å². The Morgan fingerprint density at radius 2 is 1.76 bits per heavy atom. The molecule has 0 bridgehead atoms. The van der Waals surface area contributed by atoms with Gasteiger partial charge in [0.25, 0.3) is 0 Å². The normalized spacial score (nSPS) is 21.7. The van der Waals surface area contributed by atoms with Crippen LogP contribution in [0.25, 0.3) is 0 Å². The van der Waals surface area contributed by atoms with Crippen molar-refractivity contribution < 1.29 is 4.39 Å². The summed E-state index contributed by atoms with van der Waals surface area (Å²) >= 11 is 0. The first-order valence-corrected chi connectivity index (χ1v) is 8.47. The number of halogens is 1. The van der Waals surface area contributed by atoms with Gasteiger partial charge in [-0.05, 0) is 56.2 Å². The fraction of sp³-hybridized carbons (Fsp3) is 0.667. The zero-order valence-electron chi connectivity index (χ0n) is 12.9. The second-order valence-electron chi connectivity index (χ2n) is 6.82. The molecule has 1 saturated carbocycles. The molecule has 0 unspecified atom stereocenters. The molecule has 2 nitrogen and oxygen atoms in total. The molecule has 3 rings (SSSR count). The van der Waals surface area contributed by atoms with Gasteiger partial charge < -0.3 is 10.6 Å². The van der Waals surface area contributed by atoms with Gasteiger partial charge in [-0.2, -0.15) is 0 Å². The molecular weight excluding hydrogens is 263 g/mol. The number of anilines is 1. The lowest BCUT2D eigenvalue weighted by Crippen LogP contribution is -2.41. The Morgan fingerprint density at radius 3 is 2.43 bits per heavy atom. The van der Waals surface area contributed by atoms with Crippen LogP contribution >= 0.6 is 0 Å². The third kappa shape index (κ3) is 3.08. The van der Waals surface area contributed by atoms with Gasteiger partial charge in [0.15, 0.2) is 0 Å². The zero-order chi connectivity index (χ0) is 14.7. The minimum atomic E-state index is -0.101. The smallest absolute Gasteiger partial charge is 0.128 e. The molecule has 1 spiro atoms. The number of hydrogen-bond donors (Lipinski definition) is 1. The van der Waals surface area contributed by atoms with Crippen LogP contribution in [-0.2, 0) is 6.42 Å². The van der Waals surface area contributed by atoms with Gasteiger partial charge in [0.2, 0.25) is 0 Å². The van der Waals surface area contributed by atoms with Gasteiger partial charge in [0, 0.05) is 24.3 Å². The molecule has 116 valence electrons. The molecule has 2 fully saturated rings. The fourth-order valence-electron chi connectivity index (χ4n) is 4.26. The van der Waals surface area contributed by atoms with Crippen LogP contribution in [0.5, 0.6) is 0 Å². The van der Waals surface area contributed by atoms with Crippen molar-refractivity contribution >= 4 is 5.69 Å². The molecule has 0 radical (unpaired) electrons. The van der Waals surface area contributed by atoms with E-state index < -0.39 is 0 Å². The number of nitrogens with zero attached hydrogens (tertiary/aromatic N) is 1. The van der Waals surface area contributed by atoms with Crippen LogP contribution in [0.1, 0.15) is 50.5 Å². The second-order valence-corrected chi connectivity index (χ2v) is 6.82. The summed E-state index contributed by atoms with van der Waals surface area (Å²) < 4.78 is 14.1. The molecule has 0 atom stereocenters. The van der Waals surface area contributed by atoms with Crippen LogP contribution < -0.4 is 10.6 Å². The Morgan fingerprint density at radius 1 is 1.05 bits per heavy atom. The summed E-state index contributed by atoms with van der Waals surface area (Å²) in [5, 5.41) is 0. The Bertz CT molecular complexity index is 470. The third-order valence-corrected chi connectivity index (χ3v) is 5.57. The highest BCUT2D eigenvalue weighted by molar-refractivity contribution is 5.54. The van der Waals surface area contributed by atoms with Crippen LogP contribution in [0.15, 0.2) is 18.2 Å². The third-order valence-electron chi connectivity index (χ3n) is 5.57. The van der Waals surface area contributed by atoms with E-state index in [1.807, 2.05) is 6.07 Å². The SMILES string of the molecule is NCCc1c(F)cccc1N1CCC2(CCCCC2)CC1. The fourth-order valence-corrected chi connectivity index (χ4v) is 4.26. The summed E-state index contributed by atoms with van der Waals surface area (Å²) in [6.45, 7) is 2.65.